The van der Waals surface area contributed by atoms with Crippen molar-refractivity contribution in [1.29, 1.82) is 0 Å². The molecule has 3 rings (SSSR count). The summed E-state index contributed by atoms with van der Waals surface area (Å²) >= 11 is 3.41. The second-order valence-corrected chi connectivity index (χ2v) is 5.68. The third-order valence-electron chi connectivity index (χ3n) is 3.52. The average Bonchev–Trinajstić information content (AvgIpc) is 2.54. The summed E-state index contributed by atoms with van der Waals surface area (Å²) in [5.74, 6) is -0.269. The average molecular weight is 361 g/mol. The molecule has 0 amide bonds. The molecular weight excluding hydrogens is 348 g/mol. The van der Waals surface area contributed by atoms with Crippen molar-refractivity contribution in [2.24, 2.45) is 0 Å². The molecule has 2 aromatic rings. The van der Waals surface area contributed by atoms with Crippen LogP contribution in [0.4, 0.5) is 5.69 Å². The van der Waals surface area contributed by atoms with Crippen LogP contribution in [-0.4, -0.2) is 23.2 Å². The number of fused-ring (bicyclic) bond motifs is 1. The fourth-order valence-corrected chi connectivity index (χ4v) is 2.84. The van der Waals surface area contributed by atoms with Gasteiger partial charge in [0.2, 0.25) is 0 Å². The van der Waals surface area contributed by atoms with Gasteiger partial charge in [-0.3, -0.25) is 4.98 Å². The highest BCUT2D eigenvalue weighted by molar-refractivity contribution is 9.10. The Kier molecular flexibility index (Phi) is 3.85. The number of nitrogens with one attached hydrogen (secondary N) is 1. The number of carboxylic acids is 1. The predicted octanol–water partition coefficient (Wildman–Crippen LogP) is 3.49. The Labute approximate surface area is 135 Å². The first-order chi connectivity index (χ1) is 10.6. The Morgan fingerprint density at radius 1 is 1.41 bits per heavy atom. The highest BCUT2D eigenvalue weighted by Crippen LogP contribution is 2.36. The summed E-state index contributed by atoms with van der Waals surface area (Å²) in [4.78, 5) is 15.5. The van der Waals surface area contributed by atoms with Crippen LogP contribution in [0.1, 0.15) is 17.2 Å². The second-order valence-electron chi connectivity index (χ2n) is 4.82. The van der Waals surface area contributed by atoms with Crippen LogP contribution in [0, 0.1) is 0 Å². The van der Waals surface area contributed by atoms with Crippen LogP contribution < -0.4 is 10.1 Å². The van der Waals surface area contributed by atoms with Gasteiger partial charge in [-0.05, 0) is 45.8 Å². The molecule has 0 radical (unpaired) electrons. The number of carbonyl (C=O) groups is 1. The Balaban J connectivity index is 2.07. The number of rotatable bonds is 3. The Bertz CT molecular complexity index is 774. The van der Waals surface area contributed by atoms with Crippen molar-refractivity contribution in [2.75, 3.05) is 12.4 Å². The molecule has 0 saturated heterocycles. The quantitative estimate of drug-likeness (QED) is 0.876. The van der Waals surface area contributed by atoms with Crippen molar-refractivity contribution < 1.29 is 14.6 Å². The van der Waals surface area contributed by atoms with Gasteiger partial charge < -0.3 is 15.2 Å². The van der Waals surface area contributed by atoms with Gasteiger partial charge in [-0.15, -0.1) is 0 Å². The third-order valence-corrected chi connectivity index (χ3v) is 4.18. The van der Waals surface area contributed by atoms with E-state index in [1.54, 1.807) is 31.6 Å². The summed E-state index contributed by atoms with van der Waals surface area (Å²) < 4.78 is 6.15. The first-order valence-electron chi connectivity index (χ1n) is 6.59. The number of ether oxygens (including phenoxy) is 1. The maximum atomic E-state index is 11.5. The van der Waals surface area contributed by atoms with Crippen LogP contribution in [-0.2, 0) is 4.79 Å². The number of benzene rings is 1. The number of aromatic nitrogens is 1. The first-order valence-corrected chi connectivity index (χ1v) is 7.39. The molecule has 1 aliphatic rings. The normalized spacial score (nSPS) is 16.3. The van der Waals surface area contributed by atoms with Gasteiger partial charge in [-0.2, -0.15) is 0 Å². The largest absolute Gasteiger partial charge is 0.496 e. The van der Waals surface area contributed by atoms with Gasteiger partial charge >= 0.3 is 5.97 Å². The van der Waals surface area contributed by atoms with E-state index in [0.29, 0.717) is 11.3 Å². The number of nitrogens with zero attached hydrogens (tertiary/aromatic N) is 1. The summed E-state index contributed by atoms with van der Waals surface area (Å²) in [7, 11) is 1.59. The lowest BCUT2D eigenvalue weighted by Gasteiger charge is -2.25. The SMILES string of the molecule is COc1cc(C2C=C(C(=O)O)c3cnccc3N2)ccc1Br. The smallest absolute Gasteiger partial charge is 0.336 e. The van der Waals surface area contributed by atoms with E-state index < -0.39 is 5.97 Å². The zero-order valence-electron chi connectivity index (χ0n) is 11.7. The molecule has 1 unspecified atom stereocenters. The Hall–Kier alpha value is -2.34. The summed E-state index contributed by atoms with van der Waals surface area (Å²) in [6.45, 7) is 0. The molecular formula is C16H13BrN2O3. The minimum atomic E-state index is -0.968. The summed E-state index contributed by atoms with van der Waals surface area (Å²) in [6, 6.07) is 7.21. The van der Waals surface area contributed by atoms with Crippen LogP contribution in [0.5, 0.6) is 5.75 Å². The number of hydrogen-bond donors (Lipinski definition) is 2. The van der Waals surface area contributed by atoms with Gasteiger partial charge in [0.05, 0.1) is 23.2 Å². The second kappa shape index (κ2) is 5.81. The summed E-state index contributed by atoms with van der Waals surface area (Å²) in [5, 5.41) is 12.8. The van der Waals surface area contributed by atoms with Gasteiger partial charge in [-0.1, -0.05) is 6.07 Å². The van der Waals surface area contributed by atoms with E-state index in [-0.39, 0.29) is 11.6 Å². The monoisotopic (exact) mass is 360 g/mol. The minimum absolute atomic E-state index is 0.244. The molecule has 0 spiro atoms. The maximum absolute atomic E-state index is 11.5. The molecule has 1 atom stereocenters. The van der Waals surface area contributed by atoms with Crippen molar-refractivity contribution >= 4 is 33.2 Å². The lowest BCUT2D eigenvalue weighted by Crippen LogP contribution is -2.17. The molecule has 1 aromatic heterocycles. The van der Waals surface area contributed by atoms with Crippen LogP contribution in [0.3, 0.4) is 0 Å². The topological polar surface area (TPSA) is 71.5 Å². The number of anilines is 1. The van der Waals surface area contributed by atoms with Crippen LogP contribution in [0.25, 0.3) is 5.57 Å². The number of methoxy groups -OCH3 is 1. The van der Waals surface area contributed by atoms with Crippen molar-refractivity contribution in [3.8, 4) is 5.75 Å². The van der Waals surface area contributed by atoms with Crippen molar-refractivity contribution in [1.82, 2.24) is 4.98 Å². The zero-order valence-corrected chi connectivity index (χ0v) is 13.3. The van der Waals surface area contributed by atoms with E-state index in [4.69, 9.17) is 4.74 Å². The van der Waals surface area contributed by atoms with Crippen LogP contribution in [0.15, 0.2) is 47.2 Å². The lowest BCUT2D eigenvalue weighted by atomic mass is 9.95. The van der Waals surface area contributed by atoms with Gasteiger partial charge in [0.1, 0.15) is 5.75 Å². The predicted molar refractivity (Wildman–Crippen MR) is 86.9 cm³/mol. The molecule has 5 nitrogen and oxygen atoms in total. The Morgan fingerprint density at radius 2 is 2.23 bits per heavy atom. The number of hydrogen-bond acceptors (Lipinski definition) is 4. The van der Waals surface area contributed by atoms with Crippen molar-refractivity contribution in [3.63, 3.8) is 0 Å². The molecule has 0 fully saturated rings. The van der Waals surface area contributed by atoms with E-state index >= 15 is 0 Å². The molecule has 2 N–H and O–H groups in total. The Morgan fingerprint density at radius 3 is 2.95 bits per heavy atom. The zero-order chi connectivity index (χ0) is 15.7. The maximum Gasteiger partial charge on any atom is 0.336 e. The fourth-order valence-electron chi connectivity index (χ4n) is 2.44. The standard InChI is InChI=1S/C16H13BrN2O3/c1-22-15-6-9(2-3-12(15)17)14-7-10(16(20)21)11-8-18-5-4-13(11)19-14/h2-8,14,19H,1H3,(H,20,21). The number of pyridine rings is 1. The third kappa shape index (κ3) is 2.57. The van der Waals surface area contributed by atoms with Crippen molar-refractivity contribution in [2.45, 2.75) is 6.04 Å². The minimum Gasteiger partial charge on any atom is -0.496 e. The molecule has 1 aliphatic heterocycles. The van der Waals surface area contributed by atoms with E-state index in [0.717, 1.165) is 15.7 Å². The van der Waals surface area contributed by atoms with E-state index in [2.05, 4.69) is 26.2 Å². The molecule has 1 aromatic carbocycles. The number of halogens is 1. The van der Waals surface area contributed by atoms with Gasteiger partial charge in [-0.25, -0.2) is 4.79 Å². The first kappa shape index (κ1) is 14.6. The molecule has 0 bridgehead atoms. The summed E-state index contributed by atoms with van der Waals surface area (Å²) in [6.07, 6.45) is 4.88. The van der Waals surface area contributed by atoms with Gasteiger partial charge in [0.15, 0.2) is 0 Å². The molecule has 112 valence electrons. The fraction of sp³-hybridized carbons (Fsp3) is 0.125. The highest BCUT2D eigenvalue weighted by atomic mass is 79.9. The van der Waals surface area contributed by atoms with Crippen molar-refractivity contribution in [3.05, 3.63) is 58.3 Å². The summed E-state index contributed by atoms with van der Waals surface area (Å²) in [5.41, 5.74) is 2.51. The highest BCUT2D eigenvalue weighted by Gasteiger charge is 2.24. The number of carboxylic acid groups (broad SMARTS) is 1. The van der Waals surface area contributed by atoms with Gasteiger partial charge in [0.25, 0.3) is 0 Å². The van der Waals surface area contributed by atoms with E-state index in [1.807, 2.05) is 18.2 Å². The molecule has 2 heterocycles. The molecule has 0 saturated carbocycles. The lowest BCUT2D eigenvalue weighted by molar-refractivity contribution is -0.130. The van der Waals surface area contributed by atoms with Gasteiger partial charge in [0, 0.05) is 23.6 Å². The molecule has 0 aliphatic carbocycles. The van der Waals surface area contributed by atoms with Crippen LogP contribution in [0.2, 0.25) is 0 Å². The molecule has 22 heavy (non-hydrogen) atoms. The molecule has 6 heteroatoms. The van der Waals surface area contributed by atoms with Crippen LogP contribution >= 0.6 is 15.9 Å². The van der Waals surface area contributed by atoms with E-state index in [1.165, 1.54) is 0 Å². The van der Waals surface area contributed by atoms with E-state index in [9.17, 15) is 9.90 Å². The number of aliphatic carboxylic acids is 1.